The highest BCUT2D eigenvalue weighted by Gasteiger charge is 2.24. The van der Waals surface area contributed by atoms with E-state index in [1.807, 2.05) is 18.2 Å². The van der Waals surface area contributed by atoms with Crippen molar-refractivity contribution in [2.45, 2.75) is 23.6 Å². The van der Waals surface area contributed by atoms with Crippen LogP contribution in [0, 0.1) is 0 Å². The molecule has 8 heteroatoms. The van der Waals surface area contributed by atoms with Crippen molar-refractivity contribution in [1.82, 2.24) is 5.32 Å². The molecule has 1 unspecified atom stereocenters. The van der Waals surface area contributed by atoms with E-state index in [4.69, 9.17) is 13.6 Å². The Balaban J connectivity index is 1.53. The number of ether oxygens (including phenoxy) is 1. The van der Waals surface area contributed by atoms with E-state index in [1.54, 1.807) is 38.3 Å². The number of carbonyl (C=O) groups excluding carboxylic acids is 1. The molecule has 31 heavy (non-hydrogen) atoms. The molecule has 0 aliphatic carbocycles. The number of hydrogen-bond acceptors (Lipinski definition) is 6. The smallest absolute Gasteiger partial charge is 0.287 e. The number of para-hydroxylation sites is 1. The Morgan fingerprint density at radius 2 is 1.87 bits per heavy atom. The summed E-state index contributed by atoms with van der Waals surface area (Å²) in [4.78, 5) is 13.0. The number of nitrogens with one attached hydrogen (secondary N) is 1. The maximum absolute atomic E-state index is 12.8. The summed E-state index contributed by atoms with van der Waals surface area (Å²) in [5, 5.41) is 3.65. The van der Waals surface area contributed by atoms with E-state index in [0.717, 1.165) is 5.39 Å². The van der Waals surface area contributed by atoms with Gasteiger partial charge < -0.3 is 18.9 Å². The Kier molecular flexibility index (Phi) is 5.56. The summed E-state index contributed by atoms with van der Waals surface area (Å²) in [5.74, 6) is 0.231. The average Bonchev–Trinajstić information content (AvgIpc) is 3.40. The molecular formula is C23H21NO6S. The first-order chi connectivity index (χ1) is 14.9. The van der Waals surface area contributed by atoms with Gasteiger partial charge in [0.15, 0.2) is 26.9 Å². The van der Waals surface area contributed by atoms with Gasteiger partial charge in [-0.2, -0.15) is 0 Å². The predicted octanol–water partition coefficient (Wildman–Crippen LogP) is 4.50. The van der Waals surface area contributed by atoms with Crippen molar-refractivity contribution in [2.24, 2.45) is 0 Å². The standard InChI is InChI=1S/C23H21NO6S/c1-15(20-13-16-7-6-10-19(28-2)21(16)30-20)24-23(25)22-17(11-12-29-22)14-31(26,27)18-8-4-3-5-9-18/h3-13,15H,14H2,1-2H3,(H,24,25). The van der Waals surface area contributed by atoms with Crippen molar-refractivity contribution in [2.75, 3.05) is 7.11 Å². The number of carbonyl (C=O) groups is 1. The lowest BCUT2D eigenvalue weighted by atomic mass is 10.2. The quantitative estimate of drug-likeness (QED) is 0.455. The van der Waals surface area contributed by atoms with Crippen molar-refractivity contribution < 1.29 is 26.8 Å². The molecule has 4 aromatic rings. The number of rotatable bonds is 7. The molecular weight excluding hydrogens is 418 g/mol. The fraction of sp³-hybridized carbons (Fsp3) is 0.174. The summed E-state index contributed by atoms with van der Waals surface area (Å²) in [5.41, 5.74) is 0.883. The predicted molar refractivity (Wildman–Crippen MR) is 115 cm³/mol. The molecule has 160 valence electrons. The molecule has 2 aromatic carbocycles. The second-order valence-electron chi connectivity index (χ2n) is 7.07. The van der Waals surface area contributed by atoms with Gasteiger partial charge in [0.25, 0.3) is 5.91 Å². The molecule has 7 nitrogen and oxygen atoms in total. The minimum atomic E-state index is -3.62. The van der Waals surface area contributed by atoms with Crippen LogP contribution in [0.2, 0.25) is 0 Å². The SMILES string of the molecule is COc1cccc2cc(C(C)NC(=O)c3occc3CS(=O)(=O)c3ccccc3)oc12. The van der Waals surface area contributed by atoms with Gasteiger partial charge in [-0.3, -0.25) is 4.79 Å². The molecule has 2 aromatic heterocycles. The number of hydrogen-bond donors (Lipinski definition) is 1. The molecule has 0 radical (unpaired) electrons. The van der Waals surface area contributed by atoms with Gasteiger partial charge in [-0.1, -0.05) is 30.3 Å². The highest BCUT2D eigenvalue weighted by molar-refractivity contribution is 7.90. The number of sulfone groups is 1. The zero-order valence-electron chi connectivity index (χ0n) is 17.0. The maximum Gasteiger partial charge on any atom is 0.287 e. The zero-order chi connectivity index (χ0) is 22.0. The minimum Gasteiger partial charge on any atom is -0.493 e. The van der Waals surface area contributed by atoms with Crippen molar-refractivity contribution in [3.63, 3.8) is 0 Å². The van der Waals surface area contributed by atoms with Gasteiger partial charge in [0.1, 0.15) is 5.76 Å². The Morgan fingerprint density at radius 3 is 2.61 bits per heavy atom. The van der Waals surface area contributed by atoms with E-state index in [2.05, 4.69) is 5.32 Å². The maximum atomic E-state index is 12.8. The monoisotopic (exact) mass is 439 g/mol. The highest BCUT2D eigenvalue weighted by Crippen LogP contribution is 2.31. The second-order valence-corrected chi connectivity index (χ2v) is 9.06. The number of methoxy groups -OCH3 is 1. The van der Waals surface area contributed by atoms with E-state index in [0.29, 0.717) is 22.7 Å². The summed E-state index contributed by atoms with van der Waals surface area (Å²) in [7, 11) is -2.06. The van der Waals surface area contributed by atoms with Gasteiger partial charge in [0.05, 0.1) is 30.1 Å². The molecule has 4 rings (SSSR count). The summed E-state index contributed by atoms with van der Waals surface area (Å²) in [6, 6.07) is 16.5. The van der Waals surface area contributed by atoms with Gasteiger partial charge in [-0.15, -0.1) is 0 Å². The first-order valence-electron chi connectivity index (χ1n) is 9.60. The topological polar surface area (TPSA) is 98.7 Å². The molecule has 0 bridgehead atoms. The lowest BCUT2D eigenvalue weighted by Gasteiger charge is -2.11. The third kappa shape index (κ3) is 4.20. The third-order valence-corrected chi connectivity index (χ3v) is 6.60. The van der Waals surface area contributed by atoms with Crippen molar-refractivity contribution in [3.05, 3.63) is 84.0 Å². The van der Waals surface area contributed by atoms with Gasteiger partial charge in [0, 0.05) is 10.9 Å². The first-order valence-corrected chi connectivity index (χ1v) is 11.3. The van der Waals surface area contributed by atoms with Crippen LogP contribution < -0.4 is 10.1 Å². The van der Waals surface area contributed by atoms with Crippen molar-refractivity contribution in [1.29, 1.82) is 0 Å². The molecule has 0 saturated carbocycles. The summed E-state index contributed by atoms with van der Waals surface area (Å²) >= 11 is 0. The molecule has 1 atom stereocenters. The number of amides is 1. The summed E-state index contributed by atoms with van der Waals surface area (Å²) in [6.45, 7) is 1.77. The van der Waals surface area contributed by atoms with Crippen molar-refractivity contribution in [3.8, 4) is 5.75 Å². The van der Waals surface area contributed by atoms with Crippen LogP contribution in [0.15, 0.2) is 80.7 Å². The van der Waals surface area contributed by atoms with Crippen LogP contribution in [0.4, 0.5) is 0 Å². The normalized spacial score (nSPS) is 12.6. The van der Waals surface area contributed by atoms with Crippen LogP contribution in [0.3, 0.4) is 0 Å². The average molecular weight is 439 g/mol. The molecule has 0 aliphatic heterocycles. The van der Waals surface area contributed by atoms with E-state index >= 15 is 0 Å². The number of furan rings is 2. The van der Waals surface area contributed by atoms with Gasteiger partial charge >= 0.3 is 0 Å². The van der Waals surface area contributed by atoms with Crippen LogP contribution in [-0.2, 0) is 15.6 Å². The van der Waals surface area contributed by atoms with E-state index in [-0.39, 0.29) is 16.4 Å². The van der Waals surface area contributed by atoms with Gasteiger partial charge in [-0.05, 0) is 37.3 Å². The van der Waals surface area contributed by atoms with Crippen LogP contribution in [0.25, 0.3) is 11.0 Å². The minimum absolute atomic E-state index is 0.0416. The first kappa shape index (κ1) is 20.7. The Morgan fingerprint density at radius 1 is 1.10 bits per heavy atom. The third-order valence-electron chi connectivity index (χ3n) is 4.92. The van der Waals surface area contributed by atoms with E-state index in [1.165, 1.54) is 24.5 Å². The second kappa shape index (κ2) is 8.31. The van der Waals surface area contributed by atoms with Crippen LogP contribution in [0.1, 0.15) is 34.8 Å². The molecule has 0 aliphatic rings. The molecule has 0 spiro atoms. The van der Waals surface area contributed by atoms with Gasteiger partial charge in [-0.25, -0.2) is 8.42 Å². The Hall–Kier alpha value is -3.52. The fourth-order valence-corrected chi connectivity index (χ4v) is 4.70. The lowest BCUT2D eigenvalue weighted by molar-refractivity contribution is 0.0906. The Labute approximate surface area is 179 Å². The largest absolute Gasteiger partial charge is 0.493 e. The van der Waals surface area contributed by atoms with Crippen molar-refractivity contribution >= 4 is 26.7 Å². The lowest BCUT2D eigenvalue weighted by Crippen LogP contribution is -2.27. The molecule has 1 amide bonds. The van der Waals surface area contributed by atoms with Gasteiger partial charge in [0.2, 0.25) is 0 Å². The molecule has 1 N–H and O–H groups in total. The van der Waals surface area contributed by atoms with E-state index < -0.39 is 21.8 Å². The molecule has 2 heterocycles. The number of fused-ring (bicyclic) bond motifs is 1. The van der Waals surface area contributed by atoms with Crippen LogP contribution >= 0.6 is 0 Å². The number of benzene rings is 2. The van der Waals surface area contributed by atoms with Crippen LogP contribution in [0.5, 0.6) is 5.75 Å². The fourth-order valence-electron chi connectivity index (χ4n) is 3.33. The van der Waals surface area contributed by atoms with Crippen LogP contribution in [-0.4, -0.2) is 21.4 Å². The Bertz CT molecular complexity index is 1320. The molecule has 0 saturated heterocycles. The highest BCUT2D eigenvalue weighted by atomic mass is 32.2. The summed E-state index contributed by atoms with van der Waals surface area (Å²) in [6.07, 6.45) is 1.31. The molecule has 0 fully saturated rings. The summed E-state index contributed by atoms with van der Waals surface area (Å²) < 4.78 is 41.8. The zero-order valence-corrected chi connectivity index (χ0v) is 17.8. The van der Waals surface area contributed by atoms with E-state index in [9.17, 15) is 13.2 Å².